The highest BCUT2D eigenvalue weighted by Crippen LogP contribution is 2.32. The molecule has 0 aliphatic carbocycles. The van der Waals surface area contributed by atoms with E-state index in [1.54, 1.807) is 0 Å². The van der Waals surface area contributed by atoms with Gasteiger partial charge in [-0.05, 0) is 56.4 Å². The molecule has 0 spiro atoms. The van der Waals surface area contributed by atoms with Crippen molar-refractivity contribution in [3.63, 3.8) is 0 Å². The standard InChI is InChI=1S/C18H28N2O/c1-15(14-20-9-4-5-10-20)12-19-13-16-8-11-21-18-7-3-2-6-17(16)18/h2-3,6-7,15-16,19H,4-5,8-14H2,1H3. The summed E-state index contributed by atoms with van der Waals surface area (Å²) < 4.78 is 5.74. The Morgan fingerprint density at radius 3 is 2.95 bits per heavy atom. The molecule has 1 aromatic carbocycles. The lowest BCUT2D eigenvalue weighted by atomic mass is 9.93. The third kappa shape index (κ3) is 3.98. The first-order valence-electron chi connectivity index (χ1n) is 8.47. The molecule has 1 N–H and O–H groups in total. The molecule has 2 heterocycles. The van der Waals surface area contributed by atoms with Crippen LogP contribution in [0.1, 0.15) is 37.7 Å². The molecule has 0 aromatic heterocycles. The number of benzene rings is 1. The van der Waals surface area contributed by atoms with Gasteiger partial charge in [-0.25, -0.2) is 0 Å². The molecular weight excluding hydrogens is 260 g/mol. The van der Waals surface area contributed by atoms with Crippen molar-refractivity contribution in [1.82, 2.24) is 10.2 Å². The summed E-state index contributed by atoms with van der Waals surface area (Å²) in [5, 5.41) is 3.69. The zero-order valence-corrected chi connectivity index (χ0v) is 13.2. The van der Waals surface area contributed by atoms with Crippen LogP contribution in [0.15, 0.2) is 24.3 Å². The van der Waals surface area contributed by atoms with Crippen LogP contribution in [-0.2, 0) is 0 Å². The van der Waals surface area contributed by atoms with E-state index in [0.717, 1.165) is 37.8 Å². The van der Waals surface area contributed by atoms with Crippen molar-refractivity contribution in [3.05, 3.63) is 29.8 Å². The summed E-state index contributed by atoms with van der Waals surface area (Å²) in [6.07, 6.45) is 3.91. The zero-order chi connectivity index (χ0) is 14.5. The van der Waals surface area contributed by atoms with Gasteiger partial charge in [-0.15, -0.1) is 0 Å². The van der Waals surface area contributed by atoms with E-state index in [0.29, 0.717) is 5.92 Å². The Morgan fingerprint density at radius 1 is 1.29 bits per heavy atom. The average Bonchev–Trinajstić information content (AvgIpc) is 3.00. The normalized spacial score (nSPS) is 23.6. The number of hydrogen-bond donors (Lipinski definition) is 1. The van der Waals surface area contributed by atoms with Crippen molar-refractivity contribution in [2.75, 3.05) is 39.3 Å². The predicted octanol–water partition coefficient (Wildman–Crippen LogP) is 2.87. The van der Waals surface area contributed by atoms with Gasteiger partial charge in [0, 0.05) is 19.0 Å². The topological polar surface area (TPSA) is 24.5 Å². The number of rotatable bonds is 6. The van der Waals surface area contributed by atoms with Crippen molar-refractivity contribution < 1.29 is 4.74 Å². The fraction of sp³-hybridized carbons (Fsp3) is 0.667. The highest BCUT2D eigenvalue weighted by molar-refractivity contribution is 5.37. The molecule has 2 unspecified atom stereocenters. The largest absolute Gasteiger partial charge is 0.493 e. The fourth-order valence-electron chi connectivity index (χ4n) is 3.60. The monoisotopic (exact) mass is 288 g/mol. The van der Waals surface area contributed by atoms with E-state index in [4.69, 9.17) is 4.74 Å². The molecule has 0 amide bonds. The van der Waals surface area contributed by atoms with Crippen molar-refractivity contribution in [3.8, 4) is 5.75 Å². The van der Waals surface area contributed by atoms with E-state index >= 15 is 0 Å². The van der Waals surface area contributed by atoms with Crippen LogP contribution in [0.25, 0.3) is 0 Å². The van der Waals surface area contributed by atoms with Gasteiger partial charge in [0.1, 0.15) is 5.75 Å². The van der Waals surface area contributed by atoms with Crippen LogP contribution in [0.2, 0.25) is 0 Å². The Bertz CT molecular complexity index is 443. The summed E-state index contributed by atoms with van der Waals surface area (Å²) in [7, 11) is 0. The summed E-state index contributed by atoms with van der Waals surface area (Å²) in [5.41, 5.74) is 1.38. The summed E-state index contributed by atoms with van der Waals surface area (Å²) in [5.74, 6) is 2.42. The van der Waals surface area contributed by atoms with Crippen LogP contribution >= 0.6 is 0 Å². The first kappa shape index (κ1) is 14.9. The van der Waals surface area contributed by atoms with Crippen molar-refractivity contribution in [1.29, 1.82) is 0 Å². The van der Waals surface area contributed by atoms with Gasteiger partial charge in [0.05, 0.1) is 6.61 Å². The number of hydrogen-bond acceptors (Lipinski definition) is 3. The van der Waals surface area contributed by atoms with Crippen LogP contribution in [0.5, 0.6) is 5.75 Å². The number of likely N-dealkylation sites (tertiary alicyclic amines) is 1. The first-order chi connectivity index (χ1) is 10.3. The average molecular weight is 288 g/mol. The van der Waals surface area contributed by atoms with E-state index in [2.05, 4.69) is 41.4 Å². The van der Waals surface area contributed by atoms with Crippen LogP contribution < -0.4 is 10.1 Å². The molecule has 0 radical (unpaired) electrons. The summed E-state index contributed by atoms with van der Waals surface area (Å²) in [4.78, 5) is 2.61. The minimum atomic E-state index is 0.605. The lowest BCUT2D eigenvalue weighted by molar-refractivity contribution is 0.258. The molecule has 1 saturated heterocycles. The van der Waals surface area contributed by atoms with Gasteiger partial charge in [0.2, 0.25) is 0 Å². The van der Waals surface area contributed by atoms with Gasteiger partial charge >= 0.3 is 0 Å². The van der Waals surface area contributed by atoms with Gasteiger partial charge in [-0.3, -0.25) is 0 Å². The molecule has 2 atom stereocenters. The zero-order valence-electron chi connectivity index (χ0n) is 13.2. The van der Waals surface area contributed by atoms with Gasteiger partial charge < -0.3 is 15.0 Å². The quantitative estimate of drug-likeness (QED) is 0.871. The summed E-state index contributed by atoms with van der Waals surface area (Å²) in [6.45, 7) is 9.27. The fourth-order valence-corrected chi connectivity index (χ4v) is 3.60. The maximum Gasteiger partial charge on any atom is 0.122 e. The molecule has 2 aliphatic rings. The number of nitrogens with zero attached hydrogens (tertiary/aromatic N) is 1. The lowest BCUT2D eigenvalue weighted by Gasteiger charge is -2.27. The summed E-state index contributed by atoms with van der Waals surface area (Å²) >= 11 is 0. The number of nitrogens with one attached hydrogen (secondary N) is 1. The smallest absolute Gasteiger partial charge is 0.122 e. The second-order valence-corrected chi connectivity index (χ2v) is 6.64. The van der Waals surface area contributed by atoms with E-state index in [-0.39, 0.29) is 0 Å². The SMILES string of the molecule is CC(CNCC1CCOc2ccccc21)CN1CCCC1. The van der Waals surface area contributed by atoms with Gasteiger partial charge in [0.25, 0.3) is 0 Å². The number of para-hydroxylation sites is 1. The van der Waals surface area contributed by atoms with Crippen LogP contribution in [0, 0.1) is 5.92 Å². The molecule has 3 heteroatoms. The molecule has 21 heavy (non-hydrogen) atoms. The Hall–Kier alpha value is -1.06. The van der Waals surface area contributed by atoms with Gasteiger partial charge in [0.15, 0.2) is 0 Å². The van der Waals surface area contributed by atoms with E-state index in [9.17, 15) is 0 Å². The van der Waals surface area contributed by atoms with Gasteiger partial charge in [-0.1, -0.05) is 25.1 Å². The summed E-state index contributed by atoms with van der Waals surface area (Å²) in [6, 6.07) is 8.50. The highest BCUT2D eigenvalue weighted by Gasteiger charge is 2.21. The molecule has 2 aliphatic heterocycles. The maximum absolute atomic E-state index is 5.74. The van der Waals surface area contributed by atoms with Crippen molar-refractivity contribution in [2.24, 2.45) is 5.92 Å². The third-order valence-corrected chi connectivity index (χ3v) is 4.73. The molecule has 0 saturated carbocycles. The molecule has 0 bridgehead atoms. The maximum atomic E-state index is 5.74. The molecular formula is C18H28N2O. The van der Waals surface area contributed by atoms with Crippen LogP contribution in [0.4, 0.5) is 0 Å². The van der Waals surface area contributed by atoms with Crippen LogP contribution in [0.3, 0.4) is 0 Å². The Labute approximate surface area is 128 Å². The minimum Gasteiger partial charge on any atom is -0.493 e. The first-order valence-corrected chi connectivity index (χ1v) is 8.47. The Kier molecular flexibility index (Phi) is 5.15. The molecule has 3 rings (SSSR count). The highest BCUT2D eigenvalue weighted by atomic mass is 16.5. The molecule has 1 aromatic rings. The predicted molar refractivity (Wildman–Crippen MR) is 87.0 cm³/mol. The van der Waals surface area contributed by atoms with Crippen molar-refractivity contribution >= 4 is 0 Å². The number of ether oxygens (including phenoxy) is 1. The lowest BCUT2D eigenvalue weighted by Crippen LogP contribution is -2.34. The molecule has 1 fully saturated rings. The van der Waals surface area contributed by atoms with Gasteiger partial charge in [-0.2, -0.15) is 0 Å². The number of fused-ring (bicyclic) bond motifs is 1. The minimum absolute atomic E-state index is 0.605. The van der Waals surface area contributed by atoms with E-state index in [1.165, 1.54) is 38.0 Å². The molecule has 116 valence electrons. The van der Waals surface area contributed by atoms with Crippen molar-refractivity contribution in [2.45, 2.75) is 32.1 Å². The molecule has 3 nitrogen and oxygen atoms in total. The Balaban J connectivity index is 1.43. The van der Waals surface area contributed by atoms with E-state index in [1.807, 2.05) is 0 Å². The second kappa shape index (κ2) is 7.28. The van der Waals surface area contributed by atoms with Crippen LogP contribution in [-0.4, -0.2) is 44.2 Å². The second-order valence-electron chi connectivity index (χ2n) is 6.64. The third-order valence-electron chi connectivity index (χ3n) is 4.73. The van der Waals surface area contributed by atoms with E-state index < -0.39 is 0 Å². The Morgan fingerprint density at radius 2 is 2.10 bits per heavy atom.